The van der Waals surface area contributed by atoms with Crippen molar-refractivity contribution >= 4 is 0 Å². The van der Waals surface area contributed by atoms with Crippen molar-refractivity contribution in [3.8, 4) is 17.8 Å². The fourth-order valence-electron chi connectivity index (χ4n) is 0.885. The van der Waals surface area contributed by atoms with Crippen LogP contribution in [0.2, 0.25) is 0 Å². The van der Waals surface area contributed by atoms with E-state index >= 15 is 0 Å². The summed E-state index contributed by atoms with van der Waals surface area (Å²) in [6, 6.07) is 7.58. The molecule has 0 bridgehead atoms. The fraction of sp³-hybridized carbons (Fsp3) is 0.200. The molecule has 2 nitrogen and oxygen atoms in total. The topological polar surface area (TPSA) is 29.5 Å². The first-order chi connectivity index (χ1) is 5.86. The Bertz CT molecular complexity index is 290. The highest BCUT2D eigenvalue weighted by Crippen LogP contribution is 2.10. The van der Waals surface area contributed by atoms with E-state index in [1.807, 2.05) is 30.4 Å². The molecule has 0 fully saturated rings. The standard InChI is InChI=1S/C10H10O2/c1-12-10-6-4-9(5-7-10)3-2-8-11/h4-7,11H,3H2,1H3. The van der Waals surface area contributed by atoms with Gasteiger partial charge in [-0.05, 0) is 17.7 Å². The molecule has 62 valence electrons. The Morgan fingerprint density at radius 1 is 1.33 bits per heavy atom. The molecule has 0 heterocycles. The molecule has 0 saturated heterocycles. The highest BCUT2D eigenvalue weighted by Gasteiger charge is 1.90. The van der Waals surface area contributed by atoms with Crippen molar-refractivity contribution in [1.29, 1.82) is 0 Å². The van der Waals surface area contributed by atoms with Crippen LogP contribution in [0.3, 0.4) is 0 Å². The van der Waals surface area contributed by atoms with Crippen molar-refractivity contribution in [2.45, 2.75) is 6.42 Å². The number of hydrogen-bond donors (Lipinski definition) is 1. The van der Waals surface area contributed by atoms with E-state index in [9.17, 15) is 0 Å². The summed E-state index contributed by atoms with van der Waals surface area (Å²) in [5.74, 6) is 3.40. The molecule has 1 rings (SSSR count). The molecule has 0 saturated carbocycles. The molecule has 2 heteroatoms. The van der Waals surface area contributed by atoms with Crippen molar-refractivity contribution in [3.05, 3.63) is 29.8 Å². The number of benzene rings is 1. The zero-order valence-electron chi connectivity index (χ0n) is 6.87. The van der Waals surface area contributed by atoms with Gasteiger partial charge in [0.25, 0.3) is 0 Å². The summed E-state index contributed by atoms with van der Waals surface area (Å²) in [6.45, 7) is 0. The first-order valence-corrected chi connectivity index (χ1v) is 3.61. The Kier molecular flexibility index (Phi) is 3.04. The van der Waals surface area contributed by atoms with Crippen LogP contribution in [0.4, 0.5) is 0 Å². The largest absolute Gasteiger partial charge is 0.497 e. The van der Waals surface area contributed by atoms with Crippen molar-refractivity contribution in [2.75, 3.05) is 7.11 Å². The SMILES string of the molecule is COc1ccc(CC#CO)cc1. The van der Waals surface area contributed by atoms with E-state index in [-0.39, 0.29) is 0 Å². The second-order valence-electron chi connectivity index (χ2n) is 2.31. The zero-order chi connectivity index (χ0) is 8.81. The number of aliphatic hydroxyl groups excluding tert-OH is 1. The zero-order valence-corrected chi connectivity index (χ0v) is 6.87. The summed E-state index contributed by atoms with van der Waals surface area (Å²) in [5, 5.41) is 8.24. The maximum absolute atomic E-state index is 8.24. The predicted molar refractivity (Wildman–Crippen MR) is 46.4 cm³/mol. The van der Waals surface area contributed by atoms with Crippen molar-refractivity contribution in [2.24, 2.45) is 0 Å². The molecule has 12 heavy (non-hydrogen) atoms. The minimum absolute atomic E-state index is 0.570. The molecule has 1 aromatic carbocycles. The number of rotatable bonds is 2. The minimum atomic E-state index is 0.570. The Hall–Kier alpha value is -1.62. The van der Waals surface area contributed by atoms with Crippen molar-refractivity contribution < 1.29 is 9.84 Å². The van der Waals surface area contributed by atoms with Gasteiger partial charge in [-0.2, -0.15) is 0 Å². The maximum Gasteiger partial charge on any atom is 0.118 e. The van der Waals surface area contributed by atoms with Crippen LogP contribution >= 0.6 is 0 Å². The van der Waals surface area contributed by atoms with Crippen LogP contribution in [0.25, 0.3) is 0 Å². The summed E-state index contributed by atoms with van der Waals surface area (Å²) >= 11 is 0. The van der Waals surface area contributed by atoms with Gasteiger partial charge in [-0.3, -0.25) is 0 Å². The maximum atomic E-state index is 8.24. The molecule has 0 aliphatic heterocycles. The Balaban J connectivity index is 2.69. The molecular formula is C10H10O2. The average Bonchev–Trinajstić information content (AvgIpc) is 2.15. The Morgan fingerprint density at radius 3 is 2.50 bits per heavy atom. The van der Waals surface area contributed by atoms with Crippen molar-refractivity contribution in [3.63, 3.8) is 0 Å². The summed E-state index contributed by atoms with van der Waals surface area (Å²) in [5.41, 5.74) is 1.07. The van der Waals surface area contributed by atoms with Crippen LogP contribution in [-0.4, -0.2) is 12.2 Å². The van der Waals surface area contributed by atoms with E-state index in [0.29, 0.717) is 6.42 Å². The van der Waals surface area contributed by atoms with E-state index in [2.05, 4.69) is 5.92 Å². The third-order valence-corrected chi connectivity index (χ3v) is 1.53. The van der Waals surface area contributed by atoms with Crippen LogP contribution < -0.4 is 4.74 Å². The first kappa shape index (κ1) is 8.48. The van der Waals surface area contributed by atoms with Gasteiger partial charge in [0.2, 0.25) is 0 Å². The molecule has 0 amide bonds. The van der Waals surface area contributed by atoms with E-state index in [1.165, 1.54) is 0 Å². The molecule has 0 radical (unpaired) electrons. The molecule has 0 atom stereocenters. The molecule has 0 aliphatic rings. The summed E-state index contributed by atoms with van der Waals surface area (Å²) in [6.07, 6.45) is 2.43. The van der Waals surface area contributed by atoms with Crippen LogP contribution in [0.15, 0.2) is 24.3 Å². The van der Waals surface area contributed by atoms with Crippen molar-refractivity contribution in [1.82, 2.24) is 0 Å². The van der Waals surface area contributed by atoms with E-state index in [0.717, 1.165) is 11.3 Å². The van der Waals surface area contributed by atoms with E-state index in [4.69, 9.17) is 9.84 Å². The molecule has 0 aromatic heterocycles. The molecule has 0 spiro atoms. The lowest BCUT2D eigenvalue weighted by Gasteiger charge is -1.99. The lowest BCUT2D eigenvalue weighted by Crippen LogP contribution is -1.84. The molecular weight excluding hydrogens is 152 g/mol. The highest BCUT2D eigenvalue weighted by atomic mass is 16.5. The van der Waals surface area contributed by atoms with Gasteiger partial charge in [-0.25, -0.2) is 0 Å². The van der Waals surface area contributed by atoms with Crippen LogP contribution in [-0.2, 0) is 6.42 Å². The van der Waals surface area contributed by atoms with Crippen LogP contribution in [0.5, 0.6) is 5.75 Å². The molecule has 1 aromatic rings. The summed E-state index contributed by atoms with van der Waals surface area (Å²) in [7, 11) is 1.63. The summed E-state index contributed by atoms with van der Waals surface area (Å²) < 4.78 is 4.99. The van der Waals surface area contributed by atoms with Gasteiger partial charge in [0, 0.05) is 6.42 Å². The van der Waals surface area contributed by atoms with Gasteiger partial charge < -0.3 is 9.84 Å². The summed E-state index contributed by atoms with van der Waals surface area (Å²) in [4.78, 5) is 0. The minimum Gasteiger partial charge on any atom is -0.497 e. The van der Waals surface area contributed by atoms with Crippen LogP contribution in [0.1, 0.15) is 5.56 Å². The molecule has 1 N–H and O–H groups in total. The normalized spacial score (nSPS) is 8.42. The number of aliphatic hydroxyl groups is 1. The second kappa shape index (κ2) is 4.30. The van der Waals surface area contributed by atoms with Gasteiger partial charge in [0.1, 0.15) is 11.9 Å². The average molecular weight is 162 g/mol. The smallest absolute Gasteiger partial charge is 0.118 e. The van der Waals surface area contributed by atoms with Gasteiger partial charge >= 0.3 is 0 Å². The van der Waals surface area contributed by atoms with Gasteiger partial charge in [0.05, 0.1) is 7.11 Å². The Morgan fingerprint density at radius 2 is 2.00 bits per heavy atom. The lowest BCUT2D eigenvalue weighted by molar-refractivity contribution is 0.414. The molecule has 0 unspecified atom stereocenters. The van der Waals surface area contributed by atoms with Gasteiger partial charge in [0.15, 0.2) is 0 Å². The van der Waals surface area contributed by atoms with Gasteiger partial charge in [-0.1, -0.05) is 18.1 Å². The Labute approximate surface area is 71.8 Å². The van der Waals surface area contributed by atoms with E-state index < -0.39 is 0 Å². The number of hydrogen-bond acceptors (Lipinski definition) is 2. The molecule has 0 aliphatic carbocycles. The highest BCUT2D eigenvalue weighted by molar-refractivity contribution is 5.29. The third kappa shape index (κ3) is 2.21. The fourth-order valence-corrected chi connectivity index (χ4v) is 0.885. The lowest BCUT2D eigenvalue weighted by atomic mass is 10.1. The predicted octanol–water partition coefficient (Wildman–Crippen LogP) is 1.57. The quantitative estimate of drug-likeness (QED) is 0.669. The number of ether oxygens (including phenoxy) is 1. The van der Waals surface area contributed by atoms with Crippen LogP contribution in [0, 0.1) is 12.0 Å². The third-order valence-electron chi connectivity index (χ3n) is 1.53. The van der Waals surface area contributed by atoms with Gasteiger partial charge in [-0.15, -0.1) is 0 Å². The second-order valence-corrected chi connectivity index (χ2v) is 2.31. The monoisotopic (exact) mass is 162 g/mol. The first-order valence-electron chi connectivity index (χ1n) is 3.61. The number of methoxy groups -OCH3 is 1. The van der Waals surface area contributed by atoms with E-state index in [1.54, 1.807) is 7.11 Å².